The number of hydrogen-bond donors (Lipinski definition) is 1. The normalized spacial score (nSPS) is 13.4. The number of aromatic nitrogens is 1. The van der Waals surface area contributed by atoms with Crippen molar-refractivity contribution in [1.29, 1.82) is 0 Å². The van der Waals surface area contributed by atoms with Gasteiger partial charge in [-0.25, -0.2) is 4.98 Å². The van der Waals surface area contributed by atoms with E-state index in [0.29, 0.717) is 17.3 Å². The fraction of sp³-hybridized carbons (Fsp3) is 0.389. The summed E-state index contributed by atoms with van der Waals surface area (Å²) in [4.78, 5) is 31.0. The molecular weight excluding hydrogens is 338 g/mol. The van der Waals surface area contributed by atoms with E-state index in [4.69, 9.17) is 4.74 Å². The van der Waals surface area contributed by atoms with E-state index in [2.05, 4.69) is 17.2 Å². The van der Waals surface area contributed by atoms with Gasteiger partial charge in [-0.2, -0.15) is 0 Å². The molecule has 6 nitrogen and oxygen atoms in total. The first-order valence-electron chi connectivity index (χ1n) is 8.36. The number of thiazole rings is 1. The molecule has 2 amide bonds. The average molecular weight is 359 g/mol. The molecule has 1 aliphatic heterocycles. The fourth-order valence-corrected chi connectivity index (χ4v) is 3.64. The molecule has 1 aromatic heterocycles. The highest BCUT2D eigenvalue weighted by Crippen LogP contribution is 2.38. The highest BCUT2D eigenvalue weighted by atomic mass is 32.1. The second-order valence-corrected chi connectivity index (χ2v) is 6.95. The van der Waals surface area contributed by atoms with E-state index in [0.717, 1.165) is 34.7 Å². The van der Waals surface area contributed by atoms with Crippen LogP contribution in [0.15, 0.2) is 18.2 Å². The van der Waals surface area contributed by atoms with E-state index < -0.39 is 0 Å². The van der Waals surface area contributed by atoms with Crippen LogP contribution < -0.4 is 15.0 Å². The van der Waals surface area contributed by atoms with Gasteiger partial charge in [-0.05, 0) is 31.0 Å². The Morgan fingerprint density at radius 2 is 2.20 bits per heavy atom. The van der Waals surface area contributed by atoms with Gasteiger partial charge in [0, 0.05) is 23.9 Å². The number of amides is 2. The van der Waals surface area contributed by atoms with Crippen molar-refractivity contribution in [2.45, 2.75) is 33.1 Å². The maximum Gasteiger partial charge on any atom is 0.264 e. The largest absolute Gasteiger partial charge is 0.482 e. The SMILES string of the molecule is CCCC(=O)Nc1nc(-c2ccc3c(c2)N(C)C(=O)CO3)c(CC)s1. The van der Waals surface area contributed by atoms with Gasteiger partial charge >= 0.3 is 0 Å². The molecule has 0 unspecified atom stereocenters. The summed E-state index contributed by atoms with van der Waals surface area (Å²) in [5, 5.41) is 3.48. The molecule has 3 rings (SSSR count). The second-order valence-electron chi connectivity index (χ2n) is 5.87. The van der Waals surface area contributed by atoms with Crippen LogP contribution in [0.5, 0.6) is 5.75 Å². The van der Waals surface area contributed by atoms with Crippen molar-refractivity contribution in [3.63, 3.8) is 0 Å². The van der Waals surface area contributed by atoms with Crippen molar-refractivity contribution in [2.75, 3.05) is 23.9 Å². The molecular formula is C18H21N3O3S. The maximum atomic E-state index is 11.9. The van der Waals surface area contributed by atoms with Crippen LogP contribution in [0.2, 0.25) is 0 Å². The van der Waals surface area contributed by atoms with Crippen LogP contribution in [0.4, 0.5) is 10.8 Å². The van der Waals surface area contributed by atoms with Gasteiger partial charge in [-0.3, -0.25) is 9.59 Å². The Morgan fingerprint density at radius 3 is 2.92 bits per heavy atom. The number of carbonyl (C=O) groups is 2. The minimum atomic E-state index is -0.0776. The Balaban J connectivity index is 1.95. The molecule has 0 radical (unpaired) electrons. The molecule has 0 saturated heterocycles. The standard InChI is InChI=1S/C18H21N3O3S/c1-4-6-15(22)19-18-20-17(14(5-2)25-18)11-7-8-13-12(9-11)21(3)16(23)10-24-13/h7-9H,4-6,10H2,1-3H3,(H,19,20,22). The topological polar surface area (TPSA) is 71.5 Å². The monoisotopic (exact) mass is 359 g/mol. The van der Waals surface area contributed by atoms with Crippen LogP contribution in [0.25, 0.3) is 11.3 Å². The number of carbonyl (C=O) groups excluding carboxylic acids is 2. The van der Waals surface area contributed by atoms with Crippen molar-refractivity contribution in [3.05, 3.63) is 23.1 Å². The number of rotatable bonds is 5. The summed E-state index contributed by atoms with van der Waals surface area (Å²) in [5.41, 5.74) is 2.49. The third-order valence-electron chi connectivity index (χ3n) is 4.06. The number of likely N-dealkylation sites (N-methyl/N-ethyl adjacent to an activating group) is 1. The first-order chi connectivity index (χ1) is 12.0. The van der Waals surface area contributed by atoms with Gasteiger partial charge in [0.25, 0.3) is 5.91 Å². The average Bonchev–Trinajstić information content (AvgIpc) is 3.01. The van der Waals surface area contributed by atoms with E-state index in [1.54, 1.807) is 11.9 Å². The van der Waals surface area contributed by atoms with E-state index >= 15 is 0 Å². The van der Waals surface area contributed by atoms with Crippen molar-refractivity contribution in [1.82, 2.24) is 4.98 Å². The molecule has 132 valence electrons. The summed E-state index contributed by atoms with van der Waals surface area (Å²) >= 11 is 1.49. The summed E-state index contributed by atoms with van der Waals surface area (Å²) in [6.07, 6.45) is 2.11. The van der Waals surface area contributed by atoms with Crippen molar-refractivity contribution >= 4 is 34.0 Å². The summed E-state index contributed by atoms with van der Waals surface area (Å²) < 4.78 is 5.47. The van der Waals surface area contributed by atoms with Crippen molar-refractivity contribution < 1.29 is 14.3 Å². The van der Waals surface area contributed by atoms with Gasteiger partial charge in [0.2, 0.25) is 5.91 Å². The van der Waals surface area contributed by atoms with Crippen molar-refractivity contribution in [2.24, 2.45) is 0 Å². The number of nitrogens with zero attached hydrogens (tertiary/aromatic N) is 2. The van der Waals surface area contributed by atoms with Crippen LogP contribution in [0.1, 0.15) is 31.6 Å². The smallest absolute Gasteiger partial charge is 0.264 e. The van der Waals surface area contributed by atoms with Crippen LogP contribution >= 0.6 is 11.3 Å². The highest BCUT2D eigenvalue weighted by Gasteiger charge is 2.23. The minimum Gasteiger partial charge on any atom is -0.482 e. The molecule has 0 saturated carbocycles. The minimum absolute atomic E-state index is 0.0189. The van der Waals surface area contributed by atoms with E-state index in [1.165, 1.54) is 11.3 Å². The first kappa shape index (κ1) is 17.4. The van der Waals surface area contributed by atoms with Gasteiger partial charge in [0.15, 0.2) is 11.7 Å². The van der Waals surface area contributed by atoms with Gasteiger partial charge in [0.1, 0.15) is 5.75 Å². The Kier molecular flexibility index (Phi) is 5.03. The molecule has 1 aromatic carbocycles. The molecule has 2 heterocycles. The zero-order valence-corrected chi connectivity index (χ0v) is 15.4. The third kappa shape index (κ3) is 3.51. The molecule has 0 spiro atoms. The van der Waals surface area contributed by atoms with Crippen LogP contribution in [0, 0.1) is 0 Å². The lowest BCUT2D eigenvalue weighted by molar-refractivity contribution is -0.121. The summed E-state index contributed by atoms with van der Waals surface area (Å²) in [7, 11) is 1.74. The lowest BCUT2D eigenvalue weighted by Gasteiger charge is -2.26. The number of aryl methyl sites for hydroxylation is 1. The van der Waals surface area contributed by atoms with E-state index in [-0.39, 0.29) is 18.4 Å². The molecule has 2 aromatic rings. The lowest BCUT2D eigenvalue weighted by Crippen LogP contribution is -2.35. The zero-order chi connectivity index (χ0) is 18.0. The van der Waals surface area contributed by atoms with Crippen molar-refractivity contribution in [3.8, 4) is 17.0 Å². The predicted octanol–water partition coefficient (Wildman–Crippen LogP) is 3.47. The Bertz CT molecular complexity index is 816. The van der Waals surface area contributed by atoms with Gasteiger partial charge in [-0.1, -0.05) is 13.8 Å². The van der Waals surface area contributed by atoms with Gasteiger partial charge < -0.3 is 15.0 Å². The molecule has 7 heteroatoms. The molecule has 1 N–H and O–H groups in total. The number of ether oxygens (including phenoxy) is 1. The van der Waals surface area contributed by atoms with Crippen LogP contribution in [0.3, 0.4) is 0 Å². The fourth-order valence-electron chi connectivity index (χ4n) is 2.70. The molecule has 0 aliphatic carbocycles. The van der Waals surface area contributed by atoms with Gasteiger partial charge in [-0.15, -0.1) is 11.3 Å². The number of benzene rings is 1. The first-order valence-corrected chi connectivity index (χ1v) is 9.18. The molecule has 25 heavy (non-hydrogen) atoms. The Labute approximate surface area is 150 Å². The maximum absolute atomic E-state index is 11.9. The highest BCUT2D eigenvalue weighted by molar-refractivity contribution is 7.16. The summed E-state index contributed by atoms with van der Waals surface area (Å²) in [6.45, 7) is 4.09. The second kappa shape index (κ2) is 7.23. The van der Waals surface area contributed by atoms with Crippen LogP contribution in [-0.4, -0.2) is 30.5 Å². The zero-order valence-electron chi connectivity index (χ0n) is 14.6. The number of hydrogen-bond acceptors (Lipinski definition) is 5. The Morgan fingerprint density at radius 1 is 1.40 bits per heavy atom. The summed E-state index contributed by atoms with van der Waals surface area (Å²) in [5.74, 6) is 0.594. The van der Waals surface area contributed by atoms with Crippen LogP contribution in [-0.2, 0) is 16.0 Å². The number of fused-ring (bicyclic) bond motifs is 1. The summed E-state index contributed by atoms with van der Waals surface area (Å²) in [6, 6.07) is 5.72. The third-order valence-corrected chi connectivity index (χ3v) is 5.18. The molecule has 0 bridgehead atoms. The van der Waals surface area contributed by atoms with E-state index in [9.17, 15) is 9.59 Å². The lowest BCUT2D eigenvalue weighted by atomic mass is 10.1. The Hall–Kier alpha value is -2.41. The predicted molar refractivity (Wildman–Crippen MR) is 99.4 cm³/mol. The number of anilines is 2. The molecule has 0 atom stereocenters. The molecule has 0 fully saturated rings. The quantitative estimate of drug-likeness (QED) is 0.887. The number of nitrogens with one attached hydrogen (secondary N) is 1. The van der Waals surface area contributed by atoms with Gasteiger partial charge in [0.05, 0.1) is 11.4 Å². The van der Waals surface area contributed by atoms with E-state index in [1.807, 2.05) is 25.1 Å². The molecule has 1 aliphatic rings.